The summed E-state index contributed by atoms with van der Waals surface area (Å²) in [5.74, 6) is 0. The van der Waals surface area contributed by atoms with Gasteiger partial charge >= 0.3 is 0 Å². The number of rotatable bonds is 8. The zero-order valence-electron chi connectivity index (χ0n) is 9.51. The number of benzene rings is 1. The zero-order valence-corrected chi connectivity index (χ0v) is 9.51. The highest BCUT2D eigenvalue weighted by Crippen LogP contribution is 2.04. The van der Waals surface area contributed by atoms with Gasteiger partial charge in [-0.25, -0.2) is 0 Å². The van der Waals surface area contributed by atoms with Crippen molar-refractivity contribution in [3.05, 3.63) is 35.9 Å². The van der Waals surface area contributed by atoms with E-state index in [0.717, 1.165) is 12.8 Å². The van der Waals surface area contributed by atoms with Crippen LogP contribution in [0.5, 0.6) is 0 Å². The summed E-state index contributed by atoms with van der Waals surface area (Å²) in [5.41, 5.74) is 1.18. The molecule has 2 N–H and O–H groups in total. The van der Waals surface area contributed by atoms with Crippen molar-refractivity contribution in [3.8, 4) is 0 Å². The van der Waals surface area contributed by atoms with E-state index < -0.39 is 6.10 Å². The van der Waals surface area contributed by atoms with Crippen LogP contribution in [0.25, 0.3) is 0 Å². The van der Waals surface area contributed by atoms with Crippen molar-refractivity contribution in [2.45, 2.75) is 32.0 Å². The molecule has 3 heteroatoms. The minimum Gasteiger partial charge on any atom is -0.394 e. The highest BCUT2D eigenvalue weighted by atomic mass is 16.5. The fourth-order valence-corrected chi connectivity index (χ4v) is 1.44. The Morgan fingerprint density at radius 1 is 1.12 bits per heavy atom. The first-order valence-electron chi connectivity index (χ1n) is 5.73. The number of unbranched alkanes of at least 4 members (excludes halogenated alkanes) is 1. The lowest BCUT2D eigenvalue weighted by molar-refractivity contribution is 0.0785. The smallest absolute Gasteiger partial charge is 0.0771 e. The second-order valence-corrected chi connectivity index (χ2v) is 3.87. The Labute approximate surface area is 96.7 Å². The largest absolute Gasteiger partial charge is 0.394 e. The molecular weight excluding hydrogens is 204 g/mol. The summed E-state index contributed by atoms with van der Waals surface area (Å²) < 4.78 is 5.49. The molecule has 0 radical (unpaired) electrons. The molecule has 1 rings (SSSR count). The second kappa shape index (κ2) is 8.28. The summed E-state index contributed by atoms with van der Waals surface area (Å²) in [6.45, 7) is 1.20. The summed E-state index contributed by atoms with van der Waals surface area (Å²) >= 11 is 0. The van der Waals surface area contributed by atoms with Gasteiger partial charge in [0, 0.05) is 6.61 Å². The van der Waals surface area contributed by atoms with Crippen molar-refractivity contribution in [1.82, 2.24) is 0 Å². The Kier molecular flexibility index (Phi) is 6.81. The number of ether oxygens (including phenoxy) is 1. The minimum absolute atomic E-state index is 0.148. The van der Waals surface area contributed by atoms with Crippen LogP contribution in [-0.4, -0.2) is 29.5 Å². The van der Waals surface area contributed by atoms with E-state index in [4.69, 9.17) is 14.9 Å². The van der Waals surface area contributed by atoms with Crippen molar-refractivity contribution in [2.75, 3.05) is 13.2 Å². The molecule has 16 heavy (non-hydrogen) atoms. The Morgan fingerprint density at radius 3 is 2.56 bits per heavy atom. The molecule has 0 aliphatic rings. The van der Waals surface area contributed by atoms with Crippen molar-refractivity contribution >= 4 is 0 Å². The molecule has 1 aromatic carbocycles. The van der Waals surface area contributed by atoms with Crippen LogP contribution in [-0.2, 0) is 11.3 Å². The minimum atomic E-state index is -0.575. The molecule has 0 spiro atoms. The lowest BCUT2D eigenvalue weighted by Crippen LogP contribution is -2.11. The topological polar surface area (TPSA) is 49.7 Å². The normalized spacial score (nSPS) is 12.6. The Morgan fingerprint density at radius 2 is 1.88 bits per heavy atom. The van der Waals surface area contributed by atoms with E-state index in [-0.39, 0.29) is 6.61 Å². The van der Waals surface area contributed by atoms with Crippen LogP contribution in [0, 0.1) is 0 Å². The summed E-state index contributed by atoms with van der Waals surface area (Å²) in [6.07, 6.45) is 1.88. The van der Waals surface area contributed by atoms with Gasteiger partial charge in [-0.2, -0.15) is 0 Å². The zero-order chi connectivity index (χ0) is 11.6. The van der Waals surface area contributed by atoms with Gasteiger partial charge in [0.1, 0.15) is 0 Å². The summed E-state index contributed by atoms with van der Waals surface area (Å²) in [6, 6.07) is 10.1. The first-order chi connectivity index (χ1) is 7.83. The third-order valence-electron chi connectivity index (χ3n) is 2.40. The highest BCUT2D eigenvalue weighted by molar-refractivity contribution is 5.13. The molecule has 1 atom stereocenters. The first-order valence-corrected chi connectivity index (χ1v) is 5.73. The molecule has 1 aromatic rings. The van der Waals surface area contributed by atoms with E-state index in [9.17, 15) is 0 Å². The van der Waals surface area contributed by atoms with E-state index in [2.05, 4.69) is 0 Å². The lowest BCUT2D eigenvalue weighted by atomic mass is 10.2. The maximum Gasteiger partial charge on any atom is 0.0771 e. The maximum atomic E-state index is 9.10. The predicted octanol–water partition coefficient (Wildman–Crippen LogP) is 1.73. The summed E-state index contributed by atoms with van der Waals surface area (Å²) in [4.78, 5) is 0. The maximum absolute atomic E-state index is 9.10. The van der Waals surface area contributed by atoms with Gasteiger partial charge in [0.25, 0.3) is 0 Å². The molecule has 0 aliphatic carbocycles. The summed E-state index contributed by atoms with van der Waals surface area (Å²) in [5, 5.41) is 17.7. The highest BCUT2D eigenvalue weighted by Gasteiger charge is 2.00. The van der Waals surface area contributed by atoms with Crippen LogP contribution >= 0.6 is 0 Å². The van der Waals surface area contributed by atoms with Crippen LogP contribution in [0.4, 0.5) is 0 Å². The average molecular weight is 224 g/mol. The molecule has 0 unspecified atom stereocenters. The molecule has 0 amide bonds. The van der Waals surface area contributed by atoms with Crippen LogP contribution in [0.3, 0.4) is 0 Å². The van der Waals surface area contributed by atoms with E-state index in [1.807, 2.05) is 30.3 Å². The van der Waals surface area contributed by atoms with Crippen LogP contribution in [0.2, 0.25) is 0 Å². The number of aliphatic hydroxyl groups excluding tert-OH is 2. The van der Waals surface area contributed by atoms with Crippen molar-refractivity contribution < 1.29 is 14.9 Å². The number of hydrogen-bond donors (Lipinski definition) is 2. The standard InChI is InChI=1S/C13H20O3/c14-10-13(15)8-4-5-9-16-11-12-6-2-1-3-7-12/h1-3,6-7,13-15H,4-5,8-11H2/t13-/m1/s1. The second-order valence-electron chi connectivity index (χ2n) is 3.87. The monoisotopic (exact) mass is 224 g/mol. The van der Waals surface area contributed by atoms with Gasteiger partial charge in [0.15, 0.2) is 0 Å². The predicted molar refractivity (Wildman–Crippen MR) is 63.0 cm³/mol. The molecular formula is C13H20O3. The molecule has 3 nitrogen and oxygen atoms in total. The van der Waals surface area contributed by atoms with E-state index in [1.165, 1.54) is 5.56 Å². The first kappa shape index (κ1) is 13.2. The Bertz CT molecular complexity index is 261. The molecule has 90 valence electrons. The van der Waals surface area contributed by atoms with Gasteiger partial charge < -0.3 is 14.9 Å². The Balaban J connectivity index is 1.96. The van der Waals surface area contributed by atoms with E-state index in [1.54, 1.807) is 0 Å². The fourth-order valence-electron chi connectivity index (χ4n) is 1.44. The molecule has 0 aliphatic heterocycles. The quantitative estimate of drug-likeness (QED) is 0.661. The van der Waals surface area contributed by atoms with Gasteiger partial charge in [-0.15, -0.1) is 0 Å². The van der Waals surface area contributed by atoms with Gasteiger partial charge in [-0.1, -0.05) is 30.3 Å². The fraction of sp³-hybridized carbons (Fsp3) is 0.538. The van der Waals surface area contributed by atoms with Crippen LogP contribution < -0.4 is 0 Å². The molecule has 0 bridgehead atoms. The number of hydrogen-bond acceptors (Lipinski definition) is 3. The van der Waals surface area contributed by atoms with Crippen molar-refractivity contribution in [2.24, 2.45) is 0 Å². The van der Waals surface area contributed by atoms with Crippen molar-refractivity contribution in [3.63, 3.8) is 0 Å². The lowest BCUT2D eigenvalue weighted by Gasteiger charge is -2.07. The van der Waals surface area contributed by atoms with Gasteiger partial charge in [-0.05, 0) is 24.8 Å². The van der Waals surface area contributed by atoms with Gasteiger partial charge in [0.2, 0.25) is 0 Å². The Hall–Kier alpha value is -0.900. The van der Waals surface area contributed by atoms with E-state index >= 15 is 0 Å². The third-order valence-corrected chi connectivity index (χ3v) is 2.40. The summed E-state index contributed by atoms with van der Waals surface area (Å²) in [7, 11) is 0. The molecule has 0 saturated heterocycles. The van der Waals surface area contributed by atoms with Crippen LogP contribution in [0.1, 0.15) is 24.8 Å². The van der Waals surface area contributed by atoms with Crippen LogP contribution in [0.15, 0.2) is 30.3 Å². The average Bonchev–Trinajstić information content (AvgIpc) is 2.34. The van der Waals surface area contributed by atoms with Gasteiger partial charge in [0.05, 0.1) is 19.3 Å². The molecule has 0 saturated carbocycles. The van der Waals surface area contributed by atoms with E-state index in [0.29, 0.717) is 19.6 Å². The van der Waals surface area contributed by atoms with Gasteiger partial charge in [-0.3, -0.25) is 0 Å². The SMILES string of the molecule is OC[C@H](O)CCCCOCc1ccccc1. The third kappa shape index (κ3) is 5.85. The molecule has 0 aromatic heterocycles. The molecule has 0 heterocycles. The number of aliphatic hydroxyl groups is 2. The van der Waals surface area contributed by atoms with Crippen molar-refractivity contribution in [1.29, 1.82) is 0 Å². The molecule has 0 fully saturated rings.